The number of nitrogens with zero attached hydrogens (tertiary/aromatic N) is 1. The Bertz CT molecular complexity index is 1520. The van der Waals surface area contributed by atoms with E-state index < -0.39 is 39.3 Å². The van der Waals surface area contributed by atoms with Crippen molar-refractivity contribution in [2.75, 3.05) is 20.3 Å². The van der Waals surface area contributed by atoms with Crippen LogP contribution < -0.4 is 14.8 Å². The van der Waals surface area contributed by atoms with E-state index in [4.69, 9.17) is 9.47 Å². The summed E-state index contributed by atoms with van der Waals surface area (Å²) in [6.07, 6.45) is 1.03. The van der Waals surface area contributed by atoms with E-state index in [1.54, 1.807) is 45.0 Å². The minimum Gasteiger partial charge on any atom is -0.484 e. The zero-order chi connectivity index (χ0) is 30.9. The topological polar surface area (TPSA) is 167 Å². The number of para-hydroxylation sites is 1. The number of sulfonamides is 1. The summed E-state index contributed by atoms with van der Waals surface area (Å²) in [6.45, 7) is 4.38. The van der Waals surface area contributed by atoms with Crippen molar-refractivity contribution in [3.05, 3.63) is 89.7 Å². The lowest BCUT2D eigenvalue weighted by Gasteiger charge is -2.20. The fraction of sp³-hybridized carbons (Fsp3) is 0.276. The molecule has 0 saturated heterocycles. The van der Waals surface area contributed by atoms with Gasteiger partial charge in [-0.05, 0) is 62.7 Å². The molecule has 0 fully saturated rings. The van der Waals surface area contributed by atoms with Crippen LogP contribution in [0.1, 0.15) is 53.2 Å². The van der Waals surface area contributed by atoms with Crippen molar-refractivity contribution in [1.82, 2.24) is 15.0 Å². The first kappa shape index (κ1) is 31.7. The highest BCUT2D eigenvalue weighted by atomic mass is 32.2. The third kappa shape index (κ3) is 8.61. The van der Waals surface area contributed by atoms with Crippen LogP contribution in [0.25, 0.3) is 0 Å². The maximum atomic E-state index is 12.8. The van der Waals surface area contributed by atoms with Crippen LogP contribution in [0.5, 0.6) is 5.75 Å². The van der Waals surface area contributed by atoms with Gasteiger partial charge in [0.15, 0.2) is 6.61 Å². The van der Waals surface area contributed by atoms with Crippen molar-refractivity contribution in [2.24, 2.45) is 5.41 Å². The SMILES string of the molecule is COC(=O)C(C)(C)COC(=O)c1ccc(C(=O)NS(=O)(=O)c2ccc(C(C)NC(=O)COc3ccccc3)cc2)cn1. The molecule has 0 aliphatic heterocycles. The molecular formula is C29H31N3O9S. The molecule has 3 aromatic rings. The van der Waals surface area contributed by atoms with E-state index in [1.165, 1.54) is 43.5 Å². The molecule has 0 radical (unpaired) electrons. The molecule has 13 heteroatoms. The van der Waals surface area contributed by atoms with Gasteiger partial charge in [0.25, 0.3) is 21.8 Å². The van der Waals surface area contributed by atoms with Crippen molar-refractivity contribution >= 4 is 33.8 Å². The Morgan fingerprint density at radius 1 is 0.952 bits per heavy atom. The first-order valence-corrected chi connectivity index (χ1v) is 14.2. The first-order valence-electron chi connectivity index (χ1n) is 12.7. The fourth-order valence-electron chi connectivity index (χ4n) is 3.51. The Balaban J connectivity index is 1.55. The van der Waals surface area contributed by atoms with Gasteiger partial charge in [0, 0.05) is 6.20 Å². The summed E-state index contributed by atoms with van der Waals surface area (Å²) in [5.74, 6) is -2.15. The second-order valence-electron chi connectivity index (χ2n) is 9.78. The lowest BCUT2D eigenvalue weighted by Crippen LogP contribution is -2.32. The van der Waals surface area contributed by atoms with E-state index in [9.17, 15) is 27.6 Å². The minimum atomic E-state index is -4.24. The van der Waals surface area contributed by atoms with Crippen LogP contribution in [0.3, 0.4) is 0 Å². The quantitative estimate of drug-likeness (QED) is 0.296. The number of pyridine rings is 1. The first-order chi connectivity index (χ1) is 19.8. The maximum Gasteiger partial charge on any atom is 0.356 e. The zero-order valence-corrected chi connectivity index (χ0v) is 24.3. The molecule has 1 heterocycles. The molecule has 222 valence electrons. The summed E-state index contributed by atoms with van der Waals surface area (Å²) < 4.78 is 42.7. The zero-order valence-electron chi connectivity index (χ0n) is 23.4. The van der Waals surface area contributed by atoms with Crippen molar-refractivity contribution in [3.63, 3.8) is 0 Å². The molecule has 2 amide bonds. The van der Waals surface area contributed by atoms with Gasteiger partial charge in [-0.15, -0.1) is 0 Å². The second kappa shape index (κ2) is 13.7. The molecule has 1 aromatic heterocycles. The summed E-state index contributed by atoms with van der Waals surface area (Å²) in [6, 6.07) is 16.5. The van der Waals surface area contributed by atoms with Crippen LogP contribution in [0.2, 0.25) is 0 Å². The van der Waals surface area contributed by atoms with E-state index in [2.05, 4.69) is 15.0 Å². The van der Waals surface area contributed by atoms with E-state index >= 15 is 0 Å². The smallest absolute Gasteiger partial charge is 0.356 e. The van der Waals surface area contributed by atoms with E-state index in [0.717, 1.165) is 6.20 Å². The monoisotopic (exact) mass is 597 g/mol. The highest BCUT2D eigenvalue weighted by molar-refractivity contribution is 7.90. The van der Waals surface area contributed by atoms with Crippen molar-refractivity contribution in [3.8, 4) is 5.75 Å². The van der Waals surface area contributed by atoms with Gasteiger partial charge in [-0.2, -0.15) is 0 Å². The number of amides is 2. The molecule has 3 rings (SSSR count). The Kier molecular flexibility index (Phi) is 10.4. The predicted octanol–water partition coefficient (Wildman–Crippen LogP) is 2.81. The van der Waals surface area contributed by atoms with Gasteiger partial charge in [-0.3, -0.25) is 14.4 Å². The number of benzene rings is 2. The molecule has 2 N–H and O–H groups in total. The number of carbonyl (C=O) groups excluding carboxylic acids is 4. The third-order valence-corrected chi connectivity index (χ3v) is 7.29. The molecule has 1 unspecified atom stereocenters. The molecule has 0 spiro atoms. The normalized spacial score (nSPS) is 12.0. The van der Waals surface area contributed by atoms with E-state index in [1.807, 2.05) is 10.8 Å². The number of esters is 2. The fourth-order valence-corrected chi connectivity index (χ4v) is 4.49. The van der Waals surface area contributed by atoms with Gasteiger partial charge in [0.1, 0.15) is 18.1 Å². The molecule has 0 aliphatic rings. The van der Waals surface area contributed by atoms with Crippen LogP contribution in [-0.2, 0) is 29.1 Å². The number of rotatable bonds is 12. The molecule has 2 aromatic carbocycles. The van der Waals surface area contributed by atoms with Crippen molar-refractivity contribution in [1.29, 1.82) is 0 Å². The lowest BCUT2D eigenvalue weighted by atomic mass is 9.95. The van der Waals surface area contributed by atoms with Crippen molar-refractivity contribution in [2.45, 2.75) is 31.7 Å². The molecular weight excluding hydrogens is 566 g/mol. The average Bonchev–Trinajstić information content (AvgIpc) is 2.98. The van der Waals surface area contributed by atoms with Crippen LogP contribution in [0, 0.1) is 5.41 Å². The highest BCUT2D eigenvalue weighted by Crippen LogP contribution is 2.19. The number of hydrogen-bond donors (Lipinski definition) is 2. The number of hydrogen-bond acceptors (Lipinski definition) is 10. The second-order valence-corrected chi connectivity index (χ2v) is 11.5. The highest BCUT2D eigenvalue weighted by Gasteiger charge is 2.31. The number of ether oxygens (including phenoxy) is 3. The molecule has 0 bridgehead atoms. The summed E-state index contributed by atoms with van der Waals surface area (Å²) in [5.41, 5.74) is -0.690. The number of nitrogens with one attached hydrogen (secondary N) is 2. The van der Waals surface area contributed by atoms with Crippen LogP contribution in [0.4, 0.5) is 0 Å². The Hall–Kier alpha value is -4.78. The molecule has 0 saturated carbocycles. The Morgan fingerprint density at radius 2 is 1.62 bits per heavy atom. The summed E-state index contributed by atoms with van der Waals surface area (Å²) in [5, 5.41) is 2.77. The molecule has 1 atom stereocenters. The third-order valence-electron chi connectivity index (χ3n) is 5.94. The molecule has 0 aliphatic carbocycles. The van der Waals surface area contributed by atoms with Gasteiger partial charge in [0.2, 0.25) is 0 Å². The molecule has 12 nitrogen and oxygen atoms in total. The van der Waals surface area contributed by atoms with Gasteiger partial charge in [-0.25, -0.2) is 22.9 Å². The van der Waals surface area contributed by atoms with Gasteiger partial charge < -0.3 is 19.5 Å². The van der Waals surface area contributed by atoms with Gasteiger partial charge in [-0.1, -0.05) is 30.3 Å². The summed E-state index contributed by atoms with van der Waals surface area (Å²) in [7, 11) is -3.02. The van der Waals surface area contributed by atoms with E-state index in [-0.39, 0.29) is 35.3 Å². The Labute approximate surface area is 243 Å². The maximum absolute atomic E-state index is 12.8. The number of carbonyl (C=O) groups is 4. The predicted molar refractivity (Wildman–Crippen MR) is 150 cm³/mol. The largest absolute Gasteiger partial charge is 0.484 e. The van der Waals surface area contributed by atoms with Crippen LogP contribution >= 0.6 is 0 Å². The van der Waals surface area contributed by atoms with Crippen molar-refractivity contribution < 1.29 is 41.8 Å². The number of aromatic nitrogens is 1. The lowest BCUT2D eigenvalue weighted by molar-refractivity contribution is -0.152. The summed E-state index contributed by atoms with van der Waals surface area (Å²) >= 11 is 0. The summed E-state index contributed by atoms with van der Waals surface area (Å²) in [4.78, 5) is 52.5. The van der Waals surface area contributed by atoms with Gasteiger partial charge in [0.05, 0.1) is 29.0 Å². The van der Waals surface area contributed by atoms with Crippen LogP contribution in [0.15, 0.2) is 77.8 Å². The standard InChI is InChI=1S/C29H31N3O9S/c1-19(31-25(33)17-40-22-8-6-5-7-9-22)20-10-13-23(14-11-20)42(37,38)32-26(34)21-12-15-24(30-16-21)27(35)41-18-29(2,3)28(36)39-4/h5-16,19H,17-18H2,1-4H3,(H,31,33)(H,32,34). The Morgan fingerprint density at radius 3 is 2.21 bits per heavy atom. The molecule has 42 heavy (non-hydrogen) atoms. The van der Waals surface area contributed by atoms with Crippen LogP contribution in [-0.4, -0.2) is 57.5 Å². The number of methoxy groups -OCH3 is 1. The van der Waals surface area contributed by atoms with Gasteiger partial charge >= 0.3 is 11.9 Å². The van der Waals surface area contributed by atoms with E-state index in [0.29, 0.717) is 11.3 Å². The average molecular weight is 598 g/mol. The minimum absolute atomic E-state index is 0.115.